The molecular formula is C15H22F2N2. The van der Waals surface area contributed by atoms with Crippen LogP contribution in [0.1, 0.15) is 24.8 Å². The number of benzene rings is 1. The van der Waals surface area contributed by atoms with Crippen LogP contribution in [0.25, 0.3) is 0 Å². The van der Waals surface area contributed by atoms with Crippen LogP contribution < -0.4 is 11.1 Å². The van der Waals surface area contributed by atoms with E-state index in [0.717, 1.165) is 5.70 Å². The molecular weight excluding hydrogens is 246 g/mol. The van der Waals surface area contributed by atoms with Crippen molar-refractivity contribution in [1.29, 1.82) is 0 Å². The van der Waals surface area contributed by atoms with Crippen molar-refractivity contribution in [3.63, 3.8) is 0 Å². The van der Waals surface area contributed by atoms with Crippen molar-refractivity contribution in [2.24, 2.45) is 11.7 Å². The highest BCUT2D eigenvalue weighted by atomic mass is 19.3. The van der Waals surface area contributed by atoms with Crippen LogP contribution >= 0.6 is 0 Å². The summed E-state index contributed by atoms with van der Waals surface area (Å²) in [4.78, 5) is 0. The Balaban J connectivity index is 2.65. The van der Waals surface area contributed by atoms with Crippen LogP contribution in [-0.4, -0.2) is 13.6 Å². The molecule has 0 aliphatic heterocycles. The number of halogens is 2. The Bertz CT molecular complexity index is 390. The van der Waals surface area contributed by atoms with Gasteiger partial charge in [0.25, 0.3) is 5.92 Å². The normalized spacial score (nSPS) is 13.1. The zero-order valence-electron chi connectivity index (χ0n) is 11.3. The zero-order chi connectivity index (χ0) is 14.3. The fourth-order valence-corrected chi connectivity index (χ4v) is 2.08. The van der Waals surface area contributed by atoms with Gasteiger partial charge in [-0.15, -0.1) is 0 Å². The fraction of sp³-hybridized carbons (Fsp3) is 0.467. The van der Waals surface area contributed by atoms with Crippen LogP contribution in [0.3, 0.4) is 0 Å². The summed E-state index contributed by atoms with van der Waals surface area (Å²) in [5, 5.41) is 2.93. The quantitative estimate of drug-likeness (QED) is 0.759. The molecule has 0 heterocycles. The number of nitrogens with one attached hydrogen (secondary N) is 1. The molecule has 0 aliphatic carbocycles. The number of rotatable bonds is 8. The van der Waals surface area contributed by atoms with E-state index in [9.17, 15) is 8.78 Å². The molecule has 1 unspecified atom stereocenters. The van der Waals surface area contributed by atoms with Gasteiger partial charge in [-0.25, -0.2) is 8.78 Å². The molecule has 0 saturated heterocycles. The van der Waals surface area contributed by atoms with E-state index in [1.807, 2.05) is 0 Å². The fourth-order valence-electron chi connectivity index (χ4n) is 2.08. The Morgan fingerprint density at radius 3 is 2.47 bits per heavy atom. The Kier molecular flexibility index (Phi) is 5.96. The van der Waals surface area contributed by atoms with Crippen LogP contribution in [-0.2, 0) is 5.92 Å². The molecule has 1 rings (SSSR count). The molecule has 19 heavy (non-hydrogen) atoms. The first-order valence-corrected chi connectivity index (χ1v) is 6.51. The number of hydrogen-bond acceptors (Lipinski definition) is 2. The lowest BCUT2D eigenvalue weighted by molar-refractivity contribution is -0.0184. The molecule has 0 aromatic heterocycles. The topological polar surface area (TPSA) is 38.0 Å². The number of nitrogens with two attached hydrogens (primary N) is 1. The molecule has 106 valence electrons. The van der Waals surface area contributed by atoms with Gasteiger partial charge in [-0.1, -0.05) is 36.9 Å². The third kappa shape index (κ3) is 4.63. The molecule has 0 fully saturated rings. The minimum Gasteiger partial charge on any atom is -0.392 e. The largest absolute Gasteiger partial charge is 0.392 e. The molecule has 0 bridgehead atoms. The van der Waals surface area contributed by atoms with Crippen molar-refractivity contribution < 1.29 is 8.78 Å². The smallest absolute Gasteiger partial charge is 0.273 e. The van der Waals surface area contributed by atoms with E-state index < -0.39 is 5.92 Å². The lowest BCUT2D eigenvalue weighted by Crippen LogP contribution is -2.22. The summed E-state index contributed by atoms with van der Waals surface area (Å²) in [6.45, 7) is 4.33. The average Bonchev–Trinajstić information content (AvgIpc) is 2.43. The van der Waals surface area contributed by atoms with Gasteiger partial charge in [0.15, 0.2) is 0 Å². The second-order valence-corrected chi connectivity index (χ2v) is 4.66. The van der Waals surface area contributed by atoms with E-state index in [2.05, 4.69) is 11.9 Å². The second-order valence-electron chi connectivity index (χ2n) is 4.66. The third-order valence-electron chi connectivity index (χ3n) is 3.33. The number of alkyl halides is 2. The van der Waals surface area contributed by atoms with Crippen LogP contribution in [0.5, 0.6) is 0 Å². The summed E-state index contributed by atoms with van der Waals surface area (Å²) in [5.41, 5.74) is 6.35. The summed E-state index contributed by atoms with van der Waals surface area (Å²) in [5.74, 6) is -2.81. The minimum absolute atomic E-state index is 0.00964. The molecule has 0 spiro atoms. The highest BCUT2D eigenvalue weighted by molar-refractivity contribution is 5.19. The first-order chi connectivity index (χ1) is 9.01. The monoisotopic (exact) mass is 268 g/mol. The molecule has 1 atom stereocenters. The minimum atomic E-state index is -2.80. The number of hydrogen-bond donors (Lipinski definition) is 2. The van der Waals surface area contributed by atoms with Gasteiger partial charge in [-0.3, -0.25) is 0 Å². The van der Waals surface area contributed by atoms with E-state index in [-0.39, 0.29) is 17.9 Å². The third-order valence-corrected chi connectivity index (χ3v) is 3.33. The summed E-state index contributed by atoms with van der Waals surface area (Å²) < 4.78 is 28.1. The van der Waals surface area contributed by atoms with Crippen molar-refractivity contribution in [1.82, 2.24) is 5.32 Å². The van der Waals surface area contributed by atoms with Crippen molar-refractivity contribution in [3.05, 3.63) is 48.2 Å². The predicted octanol–water partition coefficient (Wildman–Crippen LogP) is 3.26. The molecule has 1 aromatic rings. The van der Waals surface area contributed by atoms with E-state index in [0.29, 0.717) is 19.4 Å². The summed E-state index contributed by atoms with van der Waals surface area (Å²) >= 11 is 0. The van der Waals surface area contributed by atoms with Gasteiger partial charge < -0.3 is 11.1 Å². The first-order valence-electron chi connectivity index (χ1n) is 6.51. The molecule has 4 heteroatoms. The van der Waals surface area contributed by atoms with E-state index >= 15 is 0 Å². The second kappa shape index (κ2) is 7.24. The van der Waals surface area contributed by atoms with Gasteiger partial charge >= 0.3 is 0 Å². The van der Waals surface area contributed by atoms with Crippen LogP contribution in [0.15, 0.2) is 42.6 Å². The van der Waals surface area contributed by atoms with Crippen molar-refractivity contribution in [3.8, 4) is 0 Å². The maximum atomic E-state index is 14.0. The van der Waals surface area contributed by atoms with Gasteiger partial charge in [0.1, 0.15) is 0 Å². The maximum Gasteiger partial charge on any atom is 0.273 e. The van der Waals surface area contributed by atoms with Gasteiger partial charge in [0.2, 0.25) is 0 Å². The van der Waals surface area contributed by atoms with Crippen LogP contribution in [0.2, 0.25) is 0 Å². The van der Waals surface area contributed by atoms with E-state index in [4.69, 9.17) is 5.73 Å². The van der Waals surface area contributed by atoms with E-state index in [1.54, 1.807) is 25.2 Å². The lowest BCUT2D eigenvalue weighted by Gasteiger charge is -2.22. The first kappa shape index (κ1) is 15.6. The van der Waals surface area contributed by atoms with Crippen molar-refractivity contribution in [2.75, 3.05) is 13.6 Å². The SMILES string of the molecule is C=C(NC)C(CCN)CCC(F)(F)c1ccccc1. The van der Waals surface area contributed by atoms with Crippen molar-refractivity contribution in [2.45, 2.75) is 25.2 Å². The molecule has 1 aromatic carbocycles. The van der Waals surface area contributed by atoms with Gasteiger partial charge in [-0.2, -0.15) is 0 Å². The zero-order valence-corrected chi connectivity index (χ0v) is 11.3. The Labute approximate surface area is 113 Å². The summed E-state index contributed by atoms with van der Waals surface area (Å²) in [7, 11) is 1.75. The van der Waals surface area contributed by atoms with Gasteiger partial charge in [0.05, 0.1) is 0 Å². The van der Waals surface area contributed by atoms with Crippen molar-refractivity contribution >= 4 is 0 Å². The highest BCUT2D eigenvalue weighted by Gasteiger charge is 2.32. The molecule has 0 radical (unpaired) electrons. The van der Waals surface area contributed by atoms with Gasteiger partial charge in [0, 0.05) is 24.7 Å². The Morgan fingerprint density at radius 1 is 1.32 bits per heavy atom. The molecule has 0 amide bonds. The molecule has 0 saturated carbocycles. The van der Waals surface area contributed by atoms with Crippen LogP contribution in [0, 0.1) is 5.92 Å². The Hall–Kier alpha value is -1.42. The molecule has 2 nitrogen and oxygen atoms in total. The highest BCUT2D eigenvalue weighted by Crippen LogP contribution is 2.35. The molecule has 0 aliphatic rings. The predicted molar refractivity (Wildman–Crippen MR) is 74.9 cm³/mol. The average molecular weight is 268 g/mol. The molecule has 3 N–H and O–H groups in total. The maximum absolute atomic E-state index is 14.0. The Morgan fingerprint density at radius 2 is 1.95 bits per heavy atom. The summed E-state index contributed by atoms with van der Waals surface area (Å²) in [6, 6.07) is 7.93. The van der Waals surface area contributed by atoms with E-state index in [1.165, 1.54) is 12.1 Å². The summed E-state index contributed by atoms with van der Waals surface area (Å²) in [6.07, 6.45) is 0.853. The number of allylic oxidation sites excluding steroid dienone is 1. The van der Waals surface area contributed by atoms with Crippen LogP contribution in [0.4, 0.5) is 8.78 Å². The van der Waals surface area contributed by atoms with Gasteiger partial charge in [-0.05, 0) is 25.3 Å². The standard InChI is InChI=1S/C15H22F2N2/c1-12(19-2)13(9-11-18)8-10-15(16,17)14-6-4-3-5-7-14/h3-7,13,19H,1,8-11,18H2,2H3. The lowest BCUT2D eigenvalue weighted by atomic mass is 9.92.